The highest BCUT2D eigenvalue weighted by atomic mass is 31.1. The summed E-state index contributed by atoms with van der Waals surface area (Å²) in [7, 11) is 0.0684. The Hall–Kier alpha value is -1.39. The summed E-state index contributed by atoms with van der Waals surface area (Å²) in [6, 6.07) is 8.98. The number of allylic oxidation sites excluding steroid dienone is 7. The first kappa shape index (κ1) is 18.4. The van der Waals surface area contributed by atoms with E-state index in [1.807, 2.05) is 6.08 Å². The zero-order chi connectivity index (χ0) is 17.9. The molecule has 25 heavy (non-hydrogen) atoms. The smallest absolute Gasteiger partial charge is 0.00333 e. The summed E-state index contributed by atoms with van der Waals surface area (Å²) in [6.07, 6.45) is 16.6. The second-order valence-corrected chi connectivity index (χ2v) is 10.3. The number of fused-ring (bicyclic) bond motifs is 1. The van der Waals surface area contributed by atoms with Crippen LogP contribution in [0.15, 0.2) is 71.9 Å². The quantitative estimate of drug-likeness (QED) is 0.395. The first-order chi connectivity index (χ1) is 12.1. The average Bonchev–Trinajstić information content (AvgIpc) is 2.58. The highest BCUT2D eigenvalue weighted by Crippen LogP contribution is 2.57. The molecule has 0 N–H and O–H groups in total. The van der Waals surface area contributed by atoms with Crippen LogP contribution in [0.1, 0.15) is 44.7 Å². The molecular formula is C24H31P. The first-order valence-corrected chi connectivity index (χ1v) is 11.4. The standard InChI is InChI=1S/C24H31P/c1-5-9-20-11-7-8-12-22(20)17-25-14-13-23-15-19(3)21(10-6-2)16-24(23,4)18-25/h5-8,10-12,15H,1,9,13-14,16-18H2,2-4H3/b10-6-. The van der Waals surface area contributed by atoms with Crippen LogP contribution in [0.5, 0.6) is 0 Å². The number of benzene rings is 1. The molecule has 1 aliphatic carbocycles. The van der Waals surface area contributed by atoms with Crippen molar-refractivity contribution >= 4 is 7.92 Å². The van der Waals surface area contributed by atoms with Gasteiger partial charge >= 0.3 is 0 Å². The van der Waals surface area contributed by atoms with E-state index in [0.29, 0.717) is 5.41 Å². The maximum atomic E-state index is 3.93. The molecule has 1 aliphatic heterocycles. The Kier molecular flexibility index (Phi) is 5.80. The lowest BCUT2D eigenvalue weighted by molar-refractivity contribution is 0.423. The van der Waals surface area contributed by atoms with E-state index in [2.05, 4.69) is 69.8 Å². The molecule has 3 rings (SSSR count). The van der Waals surface area contributed by atoms with Gasteiger partial charge in [-0.1, -0.05) is 61.1 Å². The normalized spacial score (nSPS) is 26.5. The van der Waals surface area contributed by atoms with Crippen LogP contribution in [-0.2, 0) is 12.6 Å². The van der Waals surface area contributed by atoms with Gasteiger partial charge in [0.25, 0.3) is 0 Å². The average molecular weight is 350 g/mol. The van der Waals surface area contributed by atoms with Crippen LogP contribution >= 0.6 is 7.92 Å². The van der Waals surface area contributed by atoms with E-state index in [4.69, 9.17) is 0 Å². The summed E-state index contributed by atoms with van der Waals surface area (Å²) in [5.41, 5.74) is 8.13. The summed E-state index contributed by atoms with van der Waals surface area (Å²) >= 11 is 0. The fraction of sp³-hybridized carbons (Fsp3) is 0.417. The third-order valence-electron chi connectivity index (χ3n) is 5.77. The Morgan fingerprint density at radius 1 is 1.24 bits per heavy atom. The van der Waals surface area contributed by atoms with Gasteiger partial charge < -0.3 is 0 Å². The topological polar surface area (TPSA) is 0 Å². The zero-order valence-electron chi connectivity index (χ0n) is 16.0. The number of rotatable bonds is 5. The van der Waals surface area contributed by atoms with E-state index >= 15 is 0 Å². The third kappa shape index (κ3) is 4.06. The SMILES string of the molecule is C=CCc1ccccc1CP1CCC2=CC(C)=C(/C=C\C)CC2(C)C1. The molecule has 0 amide bonds. The lowest BCUT2D eigenvalue weighted by Crippen LogP contribution is -2.31. The van der Waals surface area contributed by atoms with E-state index in [0.717, 1.165) is 6.42 Å². The molecule has 0 nitrogen and oxygen atoms in total. The molecule has 2 unspecified atom stereocenters. The van der Waals surface area contributed by atoms with Gasteiger partial charge in [0.2, 0.25) is 0 Å². The molecule has 2 aliphatic rings. The summed E-state index contributed by atoms with van der Waals surface area (Å²) in [6.45, 7) is 10.9. The van der Waals surface area contributed by atoms with Gasteiger partial charge in [0.15, 0.2) is 0 Å². The molecule has 132 valence electrons. The maximum absolute atomic E-state index is 3.93. The van der Waals surface area contributed by atoms with Crippen molar-refractivity contribution in [3.05, 3.63) is 83.0 Å². The lowest BCUT2D eigenvalue weighted by Gasteiger charge is -2.44. The van der Waals surface area contributed by atoms with Crippen molar-refractivity contribution < 1.29 is 0 Å². The van der Waals surface area contributed by atoms with E-state index in [1.54, 1.807) is 11.1 Å². The molecule has 0 aromatic heterocycles. The second-order valence-electron chi connectivity index (χ2n) is 7.84. The largest absolute Gasteiger partial charge is 0.103 e. The molecule has 0 saturated carbocycles. The van der Waals surface area contributed by atoms with Gasteiger partial charge in [-0.05, 0) is 79.3 Å². The van der Waals surface area contributed by atoms with Gasteiger partial charge in [0.1, 0.15) is 0 Å². The summed E-state index contributed by atoms with van der Waals surface area (Å²) in [4.78, 5) is 0. The second kappa shape index (κ2) is 7.88. The zero-order valence-corrected chi connectivity index (χ0v) is 16.9. The van der Waals surface area contributed by atoms with Crippen molar-refractivity contribution in [2.24, 2.45) is 5.41 Å². The van der Waals surface area contributed by atoms with Crippen LogP contribution < -0.4 is 0 Å². The fourth-order valence-electron chi connectivity index (χ4n) is 4.42. The minimum Gasteiger partial charge on any atom is -0.103 e. The minimum atomic E-state index is 0.0684. The molecule has 1 aromatic carbocycles. The highest BCUT2D eigenvalue weighted by Gasteiger charge is 2.38. The van der Waals surface area contributed by atoms with Gasteiger partial charge in [-0.25, -0.2) is 0 Å². The van der Waals surface area contributed by atoms with Gasteiger partial charge in [0, 0.05) is 0 Å². The number of hydrogen-bond acceptors (Lipinski definition) is 0. The van der Waals surface area contributed by atoms with E-state index in [9.17, 15) is 0 Å². The van der Waals surface area contributed by atoms with Crippen molar-refractivity contribution in [1.82, 2.24) is 0 Å². The van der Waals surface area contributed by atoms with Crippen molar-refractivity contribution in [2.75, 3.05) is 12.3 Å². The van der Waals surface area contributed by atoms with E-state index in [-0.39, 0.29) is 7.92 Å². The van der Waals surface area contributed by atoms with E-state index in [1.165, 1.54) is 48.0 Å². The van der Waals surface area contributed by atoms with Crippen LogP contribution in [0.2, 0.25) is 0 Å². The molecule has 2 atom stereocenters. The predicted octanol–water partition coefficient (Wildman–Crippen LogP) is 7.03. The van der Waals surface area contributed by atoms with Crippen LogP contribution in [0.3, 0.4) is 0 Å². The van der Waals surface area contributed by atoms with Gasteiger partial charge in [-0.15, -0.1) is 14.5 Å². The third-order valence-corrected chi connectivity index (χ3v) is 8.56. The molecular weight excluding hydrogens is 319 g/mol. The molecule has 0 radical (unpaired) electrons. The lowest BCUT2D eigenvalue weighted by atomic mass is 9.72. The summed E-state index contributed by atoms with van der Waals surface area (Å²) in [5, 5.41) is 0. The molecule has 1 heteroatoms. The fourth-order valence-corrected chi connectivity index (χ4v) is 7.50. The molecule has 0 bridgehead atoms. The Bertz CT molecular complexity index is 734. The van der Waals surface area contributed by atoms with E-state index < -0.39 is 0 Å². The molecule has 1 saturated heterocycles. The Morgan fingerprint density at radius 2 is 2.00 bits per heavy atom. The Balaban J connectivity index is 1.77. The van der Waals surface area contributed by atoms with Crippen LogP contribution in [0.4, 0.5) is 0 Å². The maximum Gasteiger partial charge on any atom is -0.00333 e. The Morgan fingerprint density at radius 3 is 2.72 bits per heavy atom. The molecule has 0 spiro atoms. The first-order valence-electron chi connectivity index (χ1n) is 9.49. The monoisotopic (exact) mass is 350 g/mol. The number of hydrogen-bond donors (Lipinski definition) is 0. The van der Waals surface area contributed by atoms with Crippen LogP contribution in [0.25, 0.3) is 0 Å². The van der Waals surface area contributed by atoms with Crippen molar-refractivity contribution in [3.8, 4) is 0 Å². The Labute approximate surface area is 155 Å². The molecule has 1 heterocycles. The van der Waals surface area contributed by atoms with Gasteiger partial charge in [-0.3, -0.25) is 0 Å². The molecule has 1 aromatic rings. The van der Waals surface area contributed by atoms with Crippen LogP contribution in [-0.4, -0.2) is 12.3 Å². The molecule has 1 fully saturated rings. The van der Waals surface area contributed by atoms with Crippen molar-refractivity contribution in [3.63, 3.8) is 0 Å². The minimum absolute atomic E-state index is 0.0684. The van der Waals surface area contributed by atoms with Gasteiger partial charge in [0.05, 0.1) is 0 Å². The summed E-state index contributed by atoms with van der Waals surface area (Å²) in [5.74, 6) is 0. The van der Waals surface area contributed by atoms with Gasteiger partial charge in [-0.2, -0.15) is 0 Å². The predicted molar refractivity (Wildman–Crippen MR) is 114 cm³/mol. The highest BCUT2D eigenvalue weighted by molar-refractivity contribution is 7.57. The summed E-state index contributed by atoms with van der Waals surface area (Å²) < 4.78 is 0. The van der Waals surface area contributed by atoms with Crippen molar-refractivity contribution in [2.45, 2.75) is 46.2 Å². The van der Waals surface area contributed by atoms with Crippen molar-refractivity contribution in [1.29, 1.82) is 0 Å². The van der Waals surface area contributed by atoms with Crippen LogP contribution in [0, 0.1) is 5.41 Å².